The Labute approximate surface area is 126 Å². The summed E-state index contributed by atoms with van der Waals surface area (Å²) in [5, 5.41) is 2.49. The fourth-order valence-corrected chi connectivity index (χ4v) is 3.00. The van der Waals surface area contributed by atoms with E-state index in [1.807, 2.05) is 0 Å². The van der Waals surface area contributed by atoms with Gasteiger partial charge in [-0.25, -0.2) is 9.97 Å². The lowest BCUT2D eigenvalue weighted by molar-refractivity contribution is -0.139. The number of nitrogens with zero attached hydrogens (tertiary/aromatic N) is 2. The van der Waals surface area contributed by atoms with Crippen LogP contribution in [-0.4, -0.2) is 15.9 Å². The van der Waals surface area contributed by atoms with Gasteiger partial charge in [-0.2, -0.15) is 8.78 Å². The van der Waals surface area contributed by atoms with Crippen LogP contribution >= 0.6 is 23.4 Å². The van der Waals surface area contributed by atoms with Gasteiger partial charge in [-0.15, -0.1) is 0 Å². The minimum atomic E-state index is -3.59. The molecule has 0 radical (unpaired) electrons. The lowest BCUT2D eigenvalue weighted by atomic mass is 10.1. The van der Waals surface area contributed by atoms with Crippen LogP contribution in [0.5, 0.6) is 0 Å². The number of rotatable bonds is 2. The molecule has 1 amide bonds. The number of nitrogens with two attached hydrogens (primary N) is 1. The highest BCUT2D eigenvalue weighted by Gasteiger charge is 2.50. The van der Waals surface area contributed by atoms with Crippen LogP contribution in [0.2, 0.25) is 5.15 Å². The molecule has 3 N–H and O–H groups in total. The highest BCUT2D eigenvalue weighted by atomic mass is 35.5. The van der Waals surface area contributed by atoms with E-state index in [1.54, 1.807) is 6.07 Å². The SMILES string of the molecule is Nc1nc(Cl)cnc1Sc1cccc2c1C(F)(F)C(=O)N2. The van der Waals surface area contributed by atoms with Crippen LogP contribution in [0.25, 0.3) is 0 Å². The van der Waals surface area contributed by atoms with E-state index in [-0.39, 0.29) is 32.1 Å². The summed E-state index contributed by atoms with van der Waals surface area (Å²) in [5.74, 6) is -4.90. The molecule has 5 nitrogen and oxygen atoms in total. The van der Waals surface area contributed by atoms with Crippen LogP contribution in [0.1, 0.15) is 5.56 Å². The second-order valence-electron chi connectivity index (χ2n) is 4.19. The van der Waals surface area contributed by atoms with Gasteiger partial charge < -0.3 is 11.1 Å². The molecule has 1 aromatic heterocycles. The molecule has 0 saturated heterocycles. The van der Waals surface area contributed by atoms with E-state index in [4.69, 9.17) is 17.3 Å². The maximum Gasteiger partial charge on any atom is 0.353 e. The van der Waals surface area contributed by atoms with Crippen molar-refractivity contribution in [2.45, 2.75) is 15.8 Å². The van der Waals surface area contributed by atoms with E-state index in [0.717, 1.165) is 11.8 Å². The number of halogens is 3. The molecule has 0 saturated carbocycles. The average Bonchev–Trinajstić information content (AvgIpc) is 2.64. The van der Waals surface area contributed by atoms with Gasteiger partial charge in [0.1, 0.15) is 10.2 Å². The van der Waals surface area contributed by atoms with Gasteiger partial charge in [0.15, 0.2) is 5.82 Å². The third kappa shape index (κ3) is 2.30. The topological polar surface area (TPSA) is 80.9 Å². The molecular formula is C12H7ClF2N4OS. The van der Waals surface area contributed by atoms with Gasteiger partial charge in [0.05, 0.1) is 17.4 Å². The summed E-state index contributed by atoms with van der Waals surface area (Å²) in [6.07, 6.45) is 1.27. The number of hydrogen-bond acceptors (Lipinski definition) is 5. The Balaban J connectivity index is 2.06. The zero-order valence-electron chi connectivity index (χ0n) is 10.2. The van der Waals surface area contributed by atoms with Gasteiger partial charge in [-0.1, -0.05) is 29.4 Å². The van der Waals surface area contributed by atoms with E-state index in [0.29, 0.717) is 0 Å². The third-order valence-electron chi connectivity index (χ3n) is 2.81. The summed E-state index contributed by atoms with van der Waals surface area (Å²) in [5.41, 5.74) is 5.36. The highest BCUT2D eigenvalue weighted by Crippen LogP contribution is 2.47. The molecule has 0 unspecified atom stereocenters. The summed E-state index contributed by atoms with van der Waals surface area (Å²) in [6.45, 7) is 0. The predicted octanol–water partition coefficient (Wildman–Crippen LogP) is 2.91. The molecule has 108 valence electrons. The van der Waals surface area contributed by atoms with E-state index < -0.39 is 11.8 Å². The van der Waals surface area contributed by atoms with Crippen molar-refractivity contribution in [2.24, 2.45) is 0 Å². The zero-order chi connectivity index (χ0) is 15.2. The van der Waals surface area contributed by atoms with Crippen LogP contribution in [-0.2, 0) is 10.7 Å². The number of carbonyl (C=O) groups is 1. The van der Waals surface area contributed by atoms with Gasteiger partial charge in [0, 0.05) is 4.90 Å². The Morgan fingerprint density at radius 3 is 2.86 bits per heavy atom. The van der Waals surface area contributed by atoms with Crippen molar-refractivity contribution in [3.05, 3.63) is 35.1 Å². The normalized spacial score (nSPS) is 15.7. The summed E-state index contributed by atoms with van der Waals surface area (Å²) in [4.78, 5) is 19.3. The van der Waals surface area contributed by atoms with E-state index in [9.17, 15) is 13.6 Å². The number of amides is 1. The van der Waals surface area contributed by atoms with Crippen molar-refractivity contribution in [2.75, 3.05) is 11.1 Å². The second-order valence-corrected chi connectivity index (χ2v) is 5.61. The standard InChI is InChI=1S/C12H7ClF2N4OS/c13-7-4-17-10(9(16)19-7)21-6-3-1-2-5-8(6)12(14,15)11(20)18-5/h1-4H,(H2,16,19)(H,18,20). The molecule has 3 rings (SSSR count). The van der Waals surface area contributed by atoms with Crippen molar-refractivity contribution < 1.29 is 13.6 Å². The molecular weight excluding hydrogens is 322 g/mol. The molecule has 1 aromatic carbocycles. The number of carbonyl (C=O) groups excluding carboxylic acids is 1. The lowest BCUT2D eigenvalue weighted by Gasteiger charge is -2.12. The average molecular weight is 329 g/mol. The smallest absolute Gasteiger partial charge is 0.353 e. The quantitative estimate of drug-likeness (QED) is 0.886. The zero-order valence-corrected chi connectivity index (χ0v) is 11.8. The van der Waals surface area contributed by atoms with Crippen LogP contribution < -0.4 is 11.1 Å². The van der Waals surface area contributed by atoms with Gasteiger partial charge in [0.2, 0.25) is 0 Å². The van der Waals surface area contributed by atoms with Gasteiger partial charge >= 0.3 is 5.92 Å². The number of alkyl halides is 2. The Kier molecular flexibility index (Phi) is 3.22. The monoisotopic (exact) mass is 328 g/mol. The number of nitrogen functional groups attached to an aromatic ring is 1. The predicted molar refractivity (Wildman–Crippen MR) is 74.5 cm³/mol. The molecule has 0 bridgehead atoms. The summed E-state index contributed by atoms with van der Waals surface area (Å²) >= 11 is 6.54. The number of aromatic nitrogens is 2. The summed E-state index contributed by atoms with van der Waals surface area (Å²) in [7, 11) is 0. The first-order chi connectivity index (χ1) is 9.89. The molecule has 0 atom stereocenters. The first-order valence-electron chi connectivity index (χ1n) is 5.68. The molecule has 0 fully saturated rings. The Morgan fingerprint density at radius 2 is 2.14 bits per heavy atom. The van der Waals surface area contributed by atoms with Crippen molar-refractivity contribution in [1.29, 1.82) is 0 Å². The van der Waals surface area contributed by atoms with E-state index in [2.05, 4.69) is 15.3 Å². The third-order valence-corrected chi connectivity index (χ3v) is 4.07. The van der Waals surface area contributed by atoms with Crippen molar-refractivity contribution in [1.82, 2.24) is 9.97 Å². The molecule has 0 aliphatic carbocycles. The van der Waals surface area contributed by atoms with E-state index in [1.165, 1.54) is 18.3 Å². The number of hydrogen-bond donors (Lipinski definition) is 2. The first kappa shape index (κ1) is 14.0. The van der Waals surface area contributed by atoms with Crippen molar-refractivity contribution in [3.63, 3.8) is 0 Å². The highest BCUT2D eigenvalue weighted by molar-refractivity contribution is 7.99. The van der Waals surface area contributed by atoms with Crippen molar-refractivity contribution >= 4 is 40.8 Å². The second kappa shape index (κ2) is 4.81. The lowest BCUT2D eigenvalue weighted by Crippen LogP contribution is -2.24. The Bertz CT molecular complexity index is 756. The fraction of sp³-hybridized carbons (Fsp3) is 0.0833. The minimum absolute atomic E-state index is 0.0331. The van der Waals surface area contributed by atoms with Crippen LogP contribution in [0.4, 0.5) is 20.3 Å². The molecule has 2 heterocycles. The molecule has 2 aromatic rings. The van der Waals surface area contributed by atoms with Crippen molar-refractivity contribution in [3.8, 4) is 0 Å². The molecule has 21 heavy (non-hydrogen) atoms. The first-order valence-corrected chi connectivity index (χ1v) is 6.87. The van der Waals surface area contributed by atoms with Gasteiger partial charge in [-0.3, -0.25) is 4.79 Å². The maximum absolute atomic E-state index is 13.9. The molecule has 0 spiro atoms. The Hall–Kier alpha value is -1.93. The van der Waals surface area contributed by atoms with Crippen LogP contribution in [0.3, 0.4) is 0 Å². The summed E-state index contributed by atoms with van der Waals surface area (Å²) in [6, 6.07) is 4.44. The van der Waals surface area contributed by atoms with Crippen LogP contribution in [0.15, 0.2) is 34.3 Å². The fourth-order valence-electron chi connectivity index (χ4n) is 1.91. The van der Waals surface area contributed by atoms with Gasteiger partial charge in [-0.05, 0) is 12.1 Å². The molecule has 9 heteroatoms. The van der Waals surface area contributed by atoms with Crippen LogP contribution in [0, 0.1) is 0 Å². The maximum atomic E-state index is 13.9. The Morgan fingerprint density at radius 1 is 1.38 bits per heavy atom. The number of benzene rings is 1. The summed E-state index contributed by atoms with van der Waals surface area (Å²) < 4.78 is 27.9. The minimum Gasteiger partial charge on any atom is -0.381 e. The molecule has 1 aliphatic rings. The largest absolute Gasteiger partial charge is 0.381 e. The number of fused-ring (bicyclic) bond motifs is 1. The number of anilines is 2. The van der Waals surface area contributed by atoms with Gasteiger partial charge in [0.25, 0.3) is 5.91 Å². The number of nitrogens with one attached hydrogen (secondary N) is 1. The van der Waals surface area contributed by atoms with E-state index >= 15 is 0 Å². The molecule has 1 aliphatic heterocycles.